The first-order chi connectivity index (χ1) is 12.6. The molecule has 2 atom stereocenters. The van der Waals surface area contributed by atoms with Gasteiger partial charge in [-0.15, -0.1) is 11.3 Å². The van der Waals surface area contributed by atoms with Crippen LogP contribution >= 0.6 is 11.3 Å². The third kappa shape index (κ3) is 3.44. The molecule has 0 bridgehead atoms. The Balaban J connectivity index is 1.29. The minimum absolute atomic E-state index is 0.00826. The second kappa shape index (κ2) is 6.72. The van der Waals surface area contributed by atoms with E-state index < -0.39 is 0 Å². The van der Waals surface area contributed by atoms with Gasteiger partial charge in [-0.1, -0.05) is 6.07 Å². The molecule has 2 aromatic rings. The van der Waals surface area contributed by atoms with Crippen molar-refractivity contribution in [2.75, 3.05) is 18.4 Å². The van der Waals surface area contributed by atoms with Crippen LogP contribution in [-0.2, 0) is 11.3 Å². The van der Waals surface area contributed by atoms with Gasteiger partial charge in [0.15, 0.2) is 0 Å². The standard InChI is InChI=1S/C19H20FN3O2S/c20-13-3-5-14(6-4-13)22-18(25)23-8-7-19(12-23)10-16(19)17(24)21-11-15-2-1-9-26-15/h1-6,9,16H,7-8,10-12H2,(H,21,24)(H,22,25)/t16-,19-/m0/s1. The Hall–Kier alpha value is -2.41. The molecule has 5 nitrogen and oxygen atoms in total. The molecule has 136 valence electrons. The minimum atomic E-state index is -0.336. The molecule has 7 heteroatoms. The van der Waals surface area contributed by atoms with E-state index in [-0.39, 0.29) is 29.1 Å². The molecule has 1 saturated carbocycles. The number of nitrogens with zero attached hydrogens (tertiary/aromatic N) is 1. The van der Waals surface area contributed by atoms with E-state index in [4.69, 9.17) is 0 Å². The maximum Gasteiger partial charge on any atom is 0.321 e. The lowest BCUT2D eigenvalue weighted by atomic mass is 10.0. The van der Waals surface area contributed by atoms with Gasteiger partial charge < -0.3 is 15.5 Å². The average Bonchev–Trinajstić information content (AvgIpc) is 2.99. The van der Waals surface area contributed by atoms with Crippen LogP contribution in [0.15, 0.2) is 41.8 Å². The smallest absolute Gasteiger partial charge is 0.321 e. The number of urea groups is 1. The normalized spacial score (nSPS) is 23.9. The van der Waals surface area contributed by atoms with E-state index in [9.17, 15) is 14.0 Å². The Morgan fingerprint density at radius 1 is 1.27 bits per heavy atom. The fraction of sp³-hybridized carbons (Fsp3) is 0.368. The Labute approximate surface area is 155 Å². The van der Waals surface area contributed by atoms with Crippen LogP contribution in [0.5, 0.6) is 0 Å². The van der Waals surface area contributed by atoms with Crippen LogP contribution in [0.2, 0.25) is 0 Å². The van der Waals surface area contributed by atoms with Crippen molar-refractivity contribution in [2.45, 2.75) is 19.4 Å². The van der Waals surface area contributed by atoms with Crippen molar-refractivity contribution in [2.24, 2.45) is 11.3 Å². The van der Waals surface area contributed by atoms with E-state index in [1.165, 1.54) is 24.3 Å². The Bertz CT molecular complexity index is 809. The quantitative estimate of drug-likeness (QED) is 0.862. The van der Waals surface area contributed by atoms with Crippen molar-refractivity contribution in [3.63, 3.8) is 0 Å². The number of carbonyl (C=O) groups excluding carboxylic acids is 2. The number of likely N-dealkylation sites (tertiary alicyclic amines) is 1. The molecule has 3 amide bonds. The topological polar surface area (TPSA) is 61.4 Å². The van der Waals surface area contributed by atoms with Gasteiger partial charge in [0.05, 0.1) is 6.54 Å². The summed E-state index contributed by atoms with van der Waals surface area (Å²) in [6, 6.07) is 9.49. The molecule has 1 aromatic heterocycles. The summed E-state index contributed by atoms with van der Waals surface area (Å²) in [6.45, 7) is 1.80. The van der Waals surface area contributed by atoms with E-state index in [0.29, 0.717) is 25.3 Å². The highest BCUT2D eigenvalue weighted by atomic mass is 32.1. The van der Waals surface area contributed by atoms with E-state index in [2.05, 4.69) is 10.6 Å². The first-order valence-corrected chi connectivity index (χ1v) is 9.55. The van der Waals surface area contributed by atoms with Crippen molar-refractivity contribution in [3.8, 4) is 0 Å². The molecular weight excluding hydrogens is 353 g/mol. The number of hydrogen-bond donors (Lipinski definition) is 2. The zero-order chi connectivity index (χ0) is 18.1. The molecule has 26 heavy (non-hydrogen) atoms. The van der Waals surface area contributed by atoms with Gasteiger partial charge >= 0.3 is 6.03 Å². The van der Waals surface area contributed by atoms with Gasteiger partial charge in [-0.25, -0.2) is 9.18 Å². The zero-order valence-electron chi connectivity index (χ0n) is 14.2. The molecule has 0 radical (unpaired) electrons. The highest BCUT2D eigenvalue weighted by molar-refractivity contribution is 7.09. The Morgan fingerprint density at radius 2 is 2.08 bits per heavy atom. The number of thiophene rings is 1. The van der Waals surface area contributed by atoms with Gasteiger partial charge in [-0.3, -0.25) is 4.79 Å². The monoisotopic (exact) mass is 373 g/mol. The highest BCUT2D eigenvalue weighted by Gasteiger charge is 2.61. The van der Waals surface area contributed by atoms with Gasteiger partial charge in [0.25, 0.3) is 0 Å². The van der Waals surface area contributed by atoms with Crippen molar-refractivity contribution >= 4 is 29.0 Å². The summed E-state index contributed by atoms with van der Waals surface area (Å²) >= 11 is 1.63. The first-order valence-electron chi connectivity index (χ1n) is 8.67. The zero-order valence-corrected chi connectivity index (χ0v) is 15.0. The largest absolute Gasteiger partial charge is 0.351 e. The highest BCUT2D eigenvalue weighted by Crippen LogP contribution is 2.58. The molecule has 2 N–H and O–H groups in total. The minimum Gasteiger partial charge on any atom is -0.351 e. The lowest BCUT2D eigenvalue weighted by Gasteiger charge is -2.17. The summed E-state index contributed by atoms with van der Waals surface area (Å²) in [6.07, 6.45) is 1.69. The van der Waals surface area contributed by atoms with Gasteiger partial charge in [0.2, 0.25) is 5.91 Å². The molecule has 2 fully saturated rings. The van der Waals surface area contributed by atoms with Crippen LogP contribution in [0.3, 0.4) is 0 Å². The number of rotatable bonds is 4. The predicted molar refractivity (Wildman–Crippen MR) is 98.3 cm³/mol. The predicted octanol–water partition coefficient (Wildman–Crippen LogP) is 3.45. The van der Waals surface area contributed by atoms with Gasteiger partial charge in [0, 0.05) is 35.0 Å². The Kier molecular flexibility index (Phi) is 4.40. The van der Waals surface area contributed by atoms with Crippen LogP contribution in [-0.4, -0.2) is 29.9 Å². The summed E-state index contributed by atoms with van der Waals surface area (Å²) in [5, 5.41) is 7.78. The third-order valence-corrected chi connectivity index (χ3v) is 6.17. The summed E-state index contributed by atoms with van der Waals surface area (Å²) in [5.74, 6) is -0.261. The fourth-order valence-corrected chi connectivity index (χ4v) is 4.33. The van der Waals surface area contributed by atoms with Crippen LogP contribution < -0.4 is 10.6 Å². The second-order valence-corrected chi connectivity index (χ2v) is 8.06. The van der Waals surface area contributed by atoms with Crippen LogP contribution in [0, 0.1) is 17.2 Å². The molecule has 1 aromatic carbocycles. The lowest BCUT2D eigenvalue weighted by Crippen LogP contribution is -2.34. The van der Waals surface area contributed by atoms with Crippen LogP contribution in [0.1, 0.15) is 17.7 Å². The molecule has 1 saturated heterocycles. The molecule has 1 aliphatic carbocycles. The van der Waals surface area contributed by atoms with Crippen molar-refractivity contribution in [1.29, 1.82) is 0 Å². The molecule has 4 rings (SSSR count). The summed E-state index contributed by atoms with van der Waals surface area (Å²) in [4.78, 5) is 27.7. The number of carbonyl (C=O) groups is 2. The number of benzene rings is 1. The van der Waals surface area contributed by atoms with Gasteiger partial charge in [0.1, 0.15) is 5.82 Å². The number of hydrogen-bond acceptors (Lipinski definition) is 3. The van der Waals surface area contributed by atoms with Crippen molar-refractivity contribution < 1.29 is 14.0 Å². The molecule has 1 aliphatic heterocycles. The second-order valence-electron chi connectivity index (χ2n) is 7.02. The van der Waals surface area contributed by atoms with E-state index in [1.54, 1.807) is 16.2 Å². The van der Waals surface area contributed by atoms with Gasteiger partial charge in [-0.05, 0) is 48.6 Å². The van der Waals surface area contributed by atoms with E-state index >= 15 is 0 Å². The maximum atomic E-state index is 12.9. The Morgan fingerprint density at radius 3 is 2.81 bits per heavy atom. The molecule has 2 heterocycles. The molecule has 2 aliphatic rings. The first kappa shape index (κ1) is 17.0. The van der Waals surface area contributed by atoms with Crippen molar-refractivity contribution in [3.05, 3.63) is 52.5 Å². The number of halogens is 1. The van der Waals surface area contributed by atoms with Gasteiger partial charge in [-0.2, -0.15) is 0 Å². The molecule has 0 unspecified atom stereocenters. The van der Waals surface area contributed by atoms with E-state index in [0.717, 1.165) is 17.7 Å². The average molecular weight is 373 g/mol. The summed E-state index contributed by atoms with van der Waals surface area (Å²) in [7, 11) is 0. The lowest BCUT2D eigenvalue weighted by molar-refractivity contribution is -0.123. The number of nitrogens with one attached hydrogen (secondary N) is 2. The van der Waals surface area contributed by atoms with Crippen LogP contribution in [0.25, 0.3) is 0 Å². The van der Waals surface area contributed by atoms with Crippen molar-refractivity contribution in [1.82, 2.24) is 10.2 Å². The molecule has 1 spiro atoms. The number of anilines is 1. The number of amides is 3. The van der Waals surface area contributed by atoms with Crippen LogP contribution in [0.4, 0.5) is 14.9 Å². The summed E-state index contributed by atoms with van der Waals surface area (Å²) in [5.41, 5.74) is 0.498. The fourth-order valence-electron chi connectivity index (χ4n) is 3.68. The molecular formula is C19H20FN3O2S. The maximum absolute atomic E-state index is 12.9. The van der Waals surface area contributed by atoms with E-state index in [1.807, 2.05) is 17.5 Å². The SMILES string of the molecule is O=C(NCc1cccs1)[C@@H]1C[C@]12CCN(C(=O)Nc1ccc(F)cc1)C2. The summed E-state index contributed by atoms with van der Waals surface area (Å²) < 4.78 is 12.9. The third-order valence-electron chi connectivity index (χ3n) is 5.29.